The van der Waals surface area contributed by atoms with E-state index in [1.165, 1.54) is 0 Å². The Balaban J connectivity index is 1.62. The molecule has 0 aliphatic rings. The molecule has 0 unspecified atom stereocenters. The van der Waals surface area contributed by atoms with Crippen molar-refractivity contribution in [1.82, 2.24) is 10.2 Å². The van der Waals surface area contributed by atoms with Crippen molar-refractivity contribution in [1.29, 1.82) is 0 Å². The second kappa shape index (κ2) is 9.05. The van der Waals surface area contributed by atoms with Crippen molar-refractivity contribution in [2.75, 3.05) is 24.9 Å². The Labute approximate surface area is 170 Å². The smallest absolute Gasteiger partial charge is 0.276 e. The zero-order valence-electron chi connectivity index (χ0n) is 16.9. The van der Waals surface area contributed by atoms with E-state index in [0.717, 1.165) is 22.4 Å². The van der Waals surface area contributed by atoms with Crippen LogP contribution in [0.5, 0.6) is 11.5 Å². The first kappa shape index (κ1) is 20.1. The number of hydrogen-bond donors (Lipinski definition) is 2. The number of ether oxygens (including phenoxy) is 2. The summed E-state index contributed by atoms with van der Waals surface area (Å²) in [5, 5.41) is 14.2. The first-order valence-electron chi connectivity index (χ1n) is 9.17. The molecule has 0 fully saturated rings. The van der Waals surface area contributed by atoms with Gasteiger partial charge in [-0.05, 0) is 55.3 Å². The molecule has 3 rings (SSSR count). The van der Waals surface area contributed by atoms with Crippen molar-refractivity contribution in [2.45, 2.75) is 20.4 Å². The van der Waals surface area contributed by atoms with Crippen molar-refractivity contribution >= 4 is 17.4 Å². The van der Waals surface area contributed by atoms with Crippen LogP contribution in [0.25, 0.3) is 0 Å². The molecular weight excluding hydrogens is 368 g/mol. The molecule has 2 aromatic carbocycles. The van der Waals surface area contributed by atoms with Crippen molar-refractivity contribution < 1.29 is 14.3 Å². The van der Waals surface area contributed by atoms with Gasteiger partial charge in [-0.15, -0.1) is 10.2 Å². The van der Waals surface area contributed by atoms with E-state index < -0.39 is 0 Å². The Morgan fingerprint density at radius 2 is 1.72 bits per heavy atom. The summed E-state index contributed by atoms with van der Waals surface area (Å²) < 4.78 is 10.5. The zero-order chi connectivity index (χ0) is 20.8. The minimum absolute atomic E-state index is 0.252. The van der Waals surface area contributed by atoms with E-state index in [1.807, 2.05) is 50.2 Å². The van der Waals surface area contributed by atoms with E-state index >= 15 is 0 Å². The molecule has 0 saturated carbocycles. The van der Waals surface area contributed by atoms with Crippen molar-refractivity contribution in [3.05, 3.63) is 70.9 Å². The van der Waals surface area contributed by atoms with Crippen molar-refractivity contribution in [3.63, 3.8) is 0 Å². The summed E-state index contributed by atoms with van der Waals surface area (Å²) in [5.41, 5.74) is 4.16. The number of nitrogens with one attached hydrogen (secondary N) is 2. The minimum atomic E-state index is -0.295. The largest absolute Gasteiger partial charge is 0.493 e. The number of nitrogens with zero attached hydrogens (tertiary/aromatic N) is 2. The first-order valence-corrected chi connectivity index (χ1v) is 9.17. The second-order valence-corrected chi connectivity index (χ2v) is 6.62. The van der Waals surface area contributed by atoms with Crippen LogP contribution in [0.3, 0.4) is 0 Å². The molecule has 0 saturated heterocycles. The van der Waals surface area contributed by atoms with Crippen LogP contribution in [0.2, 0.25) is 0 Å². The minimum Gasteiger partial charge on any atom is -0.493 e. The van der Waals surface area contributed by atoms with Gasteiger partial charge in [-0.2, -0.15) is 0 Å². The third-order valence-corrected chi connectivity index (χ3v) is 4.45. The molecule has 0 spiro atoms. The van der Waals surface area contributed by atoms with Gasteiger partial charge in [-0.3, -0.25) is 4.79 Å². The van der Waals surface area contributed by atoms with Crippen LogP contribution < -0.4 is 20.1 Å². The summed E-state index contributed by atoms with van der Waals surface area (Å²) in [5.74, 6) is 1.62. The van der Waals surface area contributed by atoms with Crippen molar-refractivity contribution in [2.24, 2.45) is 0 Å². The predicted molar refractivity (Wildman–Crippen MR) is 113 cm³/mol. The molecule has 3 aromatic rings. The van der Waals surface area contributed by atoms with Crippen LogP contribution >= 0.6 is 0 Å². The topological polar surface area (TPSA) is 85.4 Å². The Hall–Kier alpha value is -3.61. The standard InChI is InChI=1S/C22H24N4O3/c1-14-5-7-17(15(2)11-14)24-22(27)18-8-10-21(26-25-18)23-13-16-6-9-19(28-3)20(12-16)29-4/h5-12H,13H2,1-4H3,(H,23,26)(H,24,27). The van der Waals surface area contributed by atoms with Gasteiger partial charge in [0, 0.05) is 12.2 Å². The molecule has 7 heteroatoms. The maximum Gasteiger partial charge on any atom is 0.276 e. The number of hydrogen-bond acceptors (Lipinski definition) is 6. The van der Waals surface area contributed by atoms with Gasteiger partial charge >= 0.3 is 0 Å². The lowest BCUT2D eigenvalue weighted by atomic mass is 10.1. The van der Waals surface area contributed by atoms with Gasteiger partial charge in [0.2, 0.25) is 0 Å². The highest BCUT2D eigenvalue weighted by molar-refractivity contribution is 6.03. The number of aryl methyl sites for hydroxylation is 2. The van der Waals surface area contributed by atoms with Gasteiger partial charge in [0.25, 0.3) is 5.91 Å². The Morgan fingerprint density at radius 1 is 0.931 bits per heavy atom. The SMILES string of the molecule is COc1ccc(CNc2ccc(C(=O)Nc3ccc(C)cc3C)nn2)cc1OC. The number of carbonyl (C=O) groups excluding carboxylic acids is 1. The average molecular weight is 392 g/mol. The summed E-state index contributed by atoms with van der Waals surface area (Å²) in [6.45, 7) is 4.50. The number of aromatic nitrogens is 2. The highest BCUT2D eigenvalue weighted by Gasteiger charge is 2.10. The number of rotatable bonds is 7. The Bertz CT molecular complexity index is 1000. The Kier molecular flexibility index (Phi) is 6.29. The molecule has 0 aliphatic carbocycles. The maximum absolute atomic E-state index is 12.4. The molecule has 150 valence electrons. The lowest BCUT2D eigenvalue weighted by molar-refractivity contribution is 0.102. The Morgan fingerprint density at radius 3 is 2.38 bits per heavy atom. The molecule has 0 bridgehead atoms. The van der Waals surface area contributed by atoms with E-state index in [2.05, 4.69) is 20.8 Å². The number of carbonyl (C=O) groups is 1. The molecule has 0 aliphatic heterocycles. The molecule has 29 heavy (non-hydrogen) atoms. The number of amides is 1. The summed E-state index contributed by atoms with van der Waals surface area (Å²) in [6, 6.07) is 14.9. The van der Waals surface area contributed by atoms with E-state index in [-0.39, 0.29) is 11.6 Å². The third kappa shape index (κ3) is 5.01. The van der Waals surface area contributed by atoms with E-state index in [1.54, 1.807) is 26.4 Å². The van der Waals surface area contributed by atoms with Crippen LogP contribution in [0, 0.1) is 13.8 Å². The summed E-state index contributed by atoms with van der Waals surface area (Å²) in [7, 11) is 3.20. The van der Waals surface area contributed by atoms with E-state index in [4.69, 9.17) is 9.47 Å². The lowest BCUT2D eigenvalue weighted by Gasteiger charge is -2.11. The van der Waals surface area contributed by atoms with Crippen LogP contribution in [-0.4, -0.2) is 30.3 Å². The lowest BCUT2D eigenvalue weighted by Crippen LogP contribution is -2.15. The van der Waals surface area contributed by atoms with Gasteiger partial charge in [0.05, 0.1) is 14.2 Å². The quantitative estimate of drug-likeness (QED) is 0.633. The highest BCUT2D eigenvalue weighted by atomic mass is 16.5. The maximum atomic E-state index is 12.4. The summed E-state index contributed by atoms with van der Waals surface area (Å²) >= 11 is 0. The van der Waals surface area contributed by atoms with Gasteiger partial charge in [0.15, 0.2) is 17.2 Å². The molecule has 0 radical (unpaired) electrons. The first-order chi connectivity index (χ1) is 14.0. The average Bonchev–Trinajstić information content (AvgIpc) is 2.74. The fourth-order valence-electron chi connectivity index (χ4n) is 2.87. The van der Waals surface area contributed by atoms with Crippen LogP contribution in [0.4, 0.5) is 11.5 Å². The fraction of sp³-hybridized carbons (Fsp3) is 0.227. The second-order valence-electron chi connectivity index (χ2n) is 6.62. The van der Waals surface area contributed by atoms with Crippen LogP contribution in [0.15, 0.2) is 48.5 Å². The molecule has 1 aromatic heterocycles. The summed E-state index contributed by atoms with van der Waals surface area (Å²) in [6.07, 6.45) is 0. The van der Waals surface area contributed by atoms with E-state index in [9.17, 15) is 4.79 Å². The van der Waals surface area contributed by atoms with Gasteiger partial charge in [-0.1, -0.05) is 23.8 Å². The van der Waals surface area contributed by atoms with Gasteiger partial charge in [-0.25, -0.2) is 0 Å². The summed E-state index contributed by atoms with van der Waals surface area (Å²) in [4.78, 5) is 12.4. The van der Waals surface area contributed by atoms with Crippen LogP contribution in [0.1, 0.15) is 27.2 Å². The molecule has 1 heterocycles. The van der Waals surface area contributed by atoms with Crippen LogP contribution in [-0.2, 0) is 6.54 Å². The van der Waals surface area contributed by atoms with E-state index in [0.29, 0.717) is 23.9 Å². The monoisotopic (exact) mass is 392 g/mol. The molecule has 2 N–H and O–H groups in total. The zero-order valence-corrected chi connectivity index (χ0v) is 16.9. The van der Waals surface area contributed by atoms with Gasteiger partial charge in [0.1, 0.15) is 5.82 Å². The predicted octanol–water partition coefficient (Wildman–Crippen LogP) is 3.98. The molecule has 1 amide bonds. The highest BCUT2D eigenvalue weighted by Crippen LogP contribution is 2.27. The fourth-order valence-corrected chi connectivity index (χ4v) is 2.87. The van der Waals surface area contributed by atoms with Crippen molar-refractivity contribution in [3.8, 4) is 11.5 Å². The number of anilines is 2. The number of benzene rings is 2. The normalized spacial score (nSPS) is 10.3. The molecule has 7 nitrogen and oxygen atoms in total. The third-order valence-electron chi connectivity index (χ3n) is 4.45. The molecular formula is C22H24N4O3. The number of methoxy groups -OCH3 is 2. The molecule has 0 atom stereocenters. The van der Waals surface area contributed by atoms with Gasteiger partial charge < -0.3 is 20.1 Å².